The summed E-state index contributed by atoms with van der Waals surface area (Å²) in [6.07, 6.45) is 7.67. The van der Waals surface area contributed by atoms with Crippen LogP contribution in [0.5, 0.6) is 11.5 Å². The second-order valence-electron chi connectivity index (χ2n) is 17.5. The molecule has 0 bridgehead atoms. The summed E-state index contributed by atoms with van der Waals surface area (Å²) in [5.74, 6) is 1.58. The van der Waals surface area contributed by atoms with Gasteiger partial charge in [-0.1, -0.05) is 43.5 Å². The number of carbonyl (C=O) groups excluding carboxylic acids is 3. The van der Waals surface area contributed by atoms with Gasteiger partial charge in [-0.3, -0.25) is 19.3 Å². The molecule has 5 aromatic rings. The van der Waals surface area contributed by atoms with Crippen molar-refractivity contribution in [2.45, 2.75) is 103 Å². The number of methoxy groups -OCH3 is 1. The smallest absolute Gasteiger partial charge is 0.255 e. The first-order chi connectivity index (χ1) is 31.0. The zero-order valence-electron chi connectivity index (χ0n) is 37.7. The van der Waals surface area contributed by atoms with Crippen LogP contribution < -0.4 is 20.1 Å². The minimum atomic E-state index is -0.696. The predicted octanol–water partition coefficient (Wildman–Crippen LogP) is 9.02. The molecular weight excluding hydrogens is 830 g/mol. The molecule has 3 aromatic carbocycles. The van der Waals surface area contributed by atoms with Crippen molar-refractivity contribution in [1.29, 1.82) is 0 Å². The van der Waals surface area contributed by atoms with Crippen LogP contribution in [-0.2, 0) is 22.7 Å². The number of rotatable bonds is 18. The Hall–Kier alpha value is -5.44. The second kappa shape index (κ2) is 20.2. The Morgan fingerprint density at radius 2 is 1.72 bits per heavy atom. The molecule has 2 saturated heterocycles. The van der Waals surface area contributed by atoms with Gasteiger partial charge in [-0.15, -0.1) is 11.3 Å². The van der Waals surface area contributed by atoms with Crippen molar-refractivity contribution in [2.75, 3.05) is 52.8 Å². The molecule has 3 amide bonds. The molecule has 2 atom stereocenters. The van der Waals surface area contributed by atoms with E-state index in [0.29, 0.717) is 35.9 Å². The molecule has 64 heavy (non-hydrogen) atoms. The Balaban J connectivity index is 0.779. The van der Waals surface area contributed by atoms with Crippen LogP contribution in [0.4, 0.5) is 10.2 Å². The number of aromatic nitrogens is 2. The van der Waals surface area contributed by atoms with E-state index < -0.39 is 11.9 Å². The third-order valence-corrected chi connectivity index (χ3v) is 14.3. The number of carbonyl (C=O) groups is 3. The number of thiophene rings is 1. The van der Waals surface area contributed by atoms with Crippen LogP contribution in [0.1, 0.15) is 114 Å². The summed E-state index contributed by atoms with van der Waals surface area (Å²) in [7, 11) is 5.10. The van der Waals surface area contributed by atoms with Crippen molar-refractivity contribution in [3.63, 3.8) is 0 Å². The fourth-order valence-electron chi connectivity index (χ4n) is 9.62. The van der Waals surface area contributed by atoms with Gasteiger partial charge in [0.25, 0.3) is 11.8 Å². The van der Waals surface area contributed by atoms with Gasteiger partial charge in [-0.2, -0.15) is 0 Å². The van der Waals surface area contributed by atoms with E-state index >= 15 is 0 Å². The fraction of sp³-hybridized carbons (Fsp3) is 0.460. The van der Waals surface area contributed by atoms with Gasteiger partial charge in [0, 0.05) is 48.5 Å². The molecule has 5 heterocycles. The van der Waals surface area contributed by atoms with Crippen molar-refractivity contribution < 1.29 is 28.2 Å². The van der Waals surface area contributed by atoms with Gasteiger partial charge >= 0.3 is 0 Å². The molecule has 0 radical (unpaired) electrons. The summed E-state index contributed by atoms with van der Waals surface area (Å²) in [6, 6.07) is 16.9. The number of anilines is 1. The van der Waals surface area contributed by atoms with Gasteiger partial charge < -0.3 is 29.9 Å². The number of imide groups is 1. The highest BCUT2D eigenvalue weighted by molar-refractivity contribution is 7.10. The maximum Gasteiger partial charge on any atom is 0.255 e. The van der Waals surface area contributed by atoms with E-state index in [2.05, 4.69) is 58.2 Å². The van der Waals surface area contributed by atoms with E-state index in [-0.39, 0.29) is 42.6 Å². The molecule has 3 aliphatic rings. The normalized spacial score (nSPS) is 17.7. The zero-order chi connectivity index (χ0) is 44.9. The number of fused-ring (bicyclic) bond motifs is 2. The van der Waals surface area contributed by atoms with Crippen LogP contribution in [0, 0.1) is 12.7 Å². The molecule has 8 rings (SSSR count). The van der Waals surface area contributed by atoms with Gasteiger partial charge in [0.2, 0.25) is 5.91 Å². The molecule has 14 heteroatoms. The minimum Gasteiger partial charge on any atom is -0.493 e. The Bertz CT molecular complexity index is 2500. The van der Waals surface area contributed by atoms with E-state index in [4.69, 9.17) is 19.4 Å². The van der Waals surface area contributed by atoms with Gasteiger partial charge in [0.05, 0.1) is 25.3 Å². The average Bonchev–Trinajstić information content (AvgIpc) is 3.92. The first kappa shape index (κ1) is 45.1. The molecule has 2 N–H and O–H groups in total. The second-order valence-corrected chi connectivity index (χ2v) is 18.4. The Labute approximate surface area is 379 Å². The maximum atomic E-state index is 14.9. The highest BCUT2D eigenvalue weighted by atomic mass is 32.1. The lowest BCUT2D eigenvalue weighted by Gasteiger charge is -2.34. The molecule has 0 aliphatic carbocycles. The van der Waals surface area contributed by atoms with Crippen LogP contribution in [0.25, 0.3) is 22.0 Å². The topological polar surface area (TPSA) is 129 Å². The number of likely N-dealkylation sites (N-methyl/N-ethyl adjacent to an activating group) is 1. The highest BCUT2D eigenvalue weighted by Crippen LogP contribution is 2.40. The third-order valence-electron chi connectivity index (χ3n) is 13.2. The number of amides is 3. The van der Waals surface area contributed by atoms with Crippen molar-refractivity contribution in [3.05, 3.63) is 98.7 Å². The average molecular weight is 890 g/mol. The largest absolute Gasteiger partial charge is 0.493 e. The van der Waals surface area contributed by atoms with Crippen molar-refractivity contribution in [1.82, 2.24) is 30.0 Å². The summed E-state index contributed by atoms with van der Waals surface area (Å²) in [6.45, 7) is 8.62. The highest BCUT2D eigenvalue weighted by Gasteiger charge is 2.43. The number of benzene rings is 3. The number of halogens is 1. The summed E-state index contributed by atoms with van der Waals surface area (Å²) < 4.78 is 27.0. The van der Waals surface area contributed by atoms with Crippen LogP contribution in [-0.4, -0.2) is 95.9 Å². The minimum absolute atomic E-state index is 0.0246. The number of piperidine rings is 2. The standard InChI is InChI=1S/C50H60FN7O5S/c1-31(46-23-35(30-64-46)37-14-10-9-13-34(37)28-52-3)53-48-40-26-44(62-5)45(27-42(40)54-32(2)55-48)63-22-12-8-6-7-11-19-57-20-17-33(18-21-57)38-24-36(51)25-39-41(38)29-58(49(39)60)43-15-16-47(59)56(4)50(43)61/h9-10,13-14,23-27,30-31,33,43,52H,6-8,11-12,15-22,28-29H2,1-5H3,(H,53,54,55)/t31-,43?/m0/s1. The van der Waals surface area contributed by atoms with Crippen molar-refractivity contribution >= 4 is 45.8 Å². The van der Waals surface area contributed by atoms with Crippen LogP contribution >= 0.6 is 11.3 Å². The number of hydrogen-bond acceptors (Lipinski definition) is 11. The van der Waals surface area contributed by atoms with Gasteiger partial charge in [0.1, 0.15) is 23.5 Å². The van der Waals surface area contributed by atoms with E-state index in [1.54, 1.807) is 29.4 Å². The van der Waals surface area contributed by atoms with E-state index in [9.17, 15) is 18.8 Å². The molecular formula is C50H60FN7O5S. The Kier molecular flexibility index (Phi) is 14.2. The number of unbranched alkanes of at least 4 members (excludes halogenated alkanes) is 4. The zero-order valence-corrected chi connectivity index (χ0v) is 38.5. The van der Waals surface area contributed by atoms with Gasteiger partial charge in [-0.25, -0.2) is 14.4 Å². The molecule has 0 saturated carbocycles. The van der Waals surface area contributed by atoms with Crippen molar-refractivity contribution in [3.8, 4) is 22.6 Å². The summed E-state index contributed by atoms with van der Waals surface area (Å²) >= 11 is 1.74. The molecule has 2 aromatic heterocycles. The summed E-state index contributed by atoms with van der Waals surface area (Å²) in [5, 5.41) is 10.0. The molecule has 338 valence electrons. The lowest BCUT2D eigenvalue weighted by Crippen LogP contribution is -2.53. The van der Waals surface area contributed by atoms with Crippen LogP contribution in [0.15, 0.2) is 60.0 Å². The molecule has 2 fully saturated rings. The van der Waals surface area contributed by atoms with Gasteiger partial charge in [-0.05, 0) is 136 Å². The van der Waals surface area contributed by atoms with E-state index in [0.717, 1.165) is 104 Å². The quantitative estimate of drug-likeness (QED) is 0.0650. The number of nitrogens with one attached hydrogen (secondary N) is 2. The summed E-state index contributed by atoms with van der Waals surface area (Å²) in [5.41, 5.74) is 6.62. The molecule has 1 unspecified atom stereocenters. The Morgan fingerprint density at radius 1 is 0.938 bits per heavy atom. The number of nitrogens with zero attached hydrogens (tertiary/aromatic N) is 5. The third kappa shape index (κ3) is 9.79. The van der Waals surface area contributed by atoms with E-state index in [1.165, 1.54) is 34.7 Å². The van der Waals surface area contributed by atoms with Gasteiger partial charge in [0.15, 0.2) is 11.5 Å². The predicted molar refractivity (Wildman–Crippen MR) is 249 cm³/mol. The Morgan fingerprint density at radius 3 is 2.52 bits per heavy atom. The lowest BCUT2D eigenvalue weighted by molar-refractivity contribution is -0.150. The molecule has 3 aliphatic heterocycles. The summed E-state index contributed by atoms with van der Waals surface area (Å²) in [4.78, 5) is 54.3. The first-order valence-electron chi connectivity index (χ1n) is 22.8. The number of hydrogen-bond donors (Lipinski definition) is 2. The van der Waals surface area contributed by atoms with E-state index in [1.807, 2.05) is 26.1 Å². The monoisotopic (exact) mass is 889 g/mol. The first-order valence-corrected chi connectivity index (χ1v) is 23.6. The number of likely N-dealkylation sites (tertiary alicyclic amines) is 2. The van der Waals surface area contributed by atoms with Crippen LogP contribution in [0.2, 0.25) is 0 Å². The van der Waals surface area contributed by atoms with Crippen molar-refractivity contribution in [2.24, 2.45) is 0 Å². The molecule has 12 nitrogen and oxygen atoms in total. The molecule has 0 spiro atoms. The SMILES string of the molecule is CNCc1ccccc1-c1csc([C@H](C)Nc2nc(C)nc3cc(OCCCCCCCN4CCC(c5cc(F)cc6c5CN(C5CCC(=O)N(C)C5=O)C6=O)CC4)c(OC)cc23)c1. The lowest BCUT2D eigenvalue weighted by atomic mass is 9.85. The fourth-order valence-corrected chi connectivity index (χ4v) is 10.5. The van der Waals surface area contributed by atoms with Crippen LogP contribution in [0.3, 0.4) is 0 Å². The number of aryl methyl sites for hydroxylation is 1. The number of ether oxygens (including phenoxy) is 2. The maximum absolute atomic E-state index is 14.9.